The van der Waals surface area contributed by atoms with Gasteiger partial charge in [-0.05, 0) is 36.1 Å². The van der Waals surface area contributed by atoms with Crippen LogP contribution < -0.4 is 10.6 Å². The fourth-order valence-electron chi connectivity index (χ4n) is 3.36. The molecule has 1 fully saturated rings. The maximum absolute atomic E-state index is 12.6. The molecule has 26 heavy (non-hydrogen) atoms. The van der Waals surface area contributed by atoms with Crippen molar-refractivity contribution >= 4 is 24.1 Å². The topological polar surface area (TPSA) is 86.6 Å². The Bertz CT molecular complexity index is 825. The molecule has 6 nitrogen and oxygen atoms in total. The van der Waals surface area contributed by atoms with E-state index in [1.807, 2.05) is 49.5 Å². The van der Waals surface area contributed by atoms with E-state index in [0.29, 0.717) is 18.8 Å². The first-order chi connectivity index (χ1) is 12.1. The first-order valence-electron chi connectivity index (χ1n) is 8.40. The highest BCUT2D eigenvalue weighted by molar-refractivity contribution is 6.10. The Morgan fingerprint density at radius 2 is 1.96 bits per heavy atom. The number of hydrogen-bond donors (Lipinski definition) is 3. The van der Waals surface area contributed by atoms with Gasteiger partial charge in [0.25, 0.3) is 5.91 Å². The number of aliphatic hydroxyl groups is 1. The number of nitrogens with one attached hydrogen (secondary N) is 2. The van der Waals surface area contributed by atoms with Crippen LogP contribution in [0.5, 0.6) is 0 Å². The van der Waals surface area contributed by atoms with Crippen LogP contribution in [0.2, 0.25) is 0 Å². The van der Waals surface area contributed by atoms with Gasteiger partial charge in [0, 0.05) is 18.9 Å². The van der Waals surface area contributed by atoms with E-state index in [4.69, 9.17) is 0 Å². The molecule has 1 amide bonds. The lowest BCUT2D eigenvalue weighted by molar-refractivity contribution is -0.123. The van der Waals surface area contributed by atoms with Crippen LogP contribution in [0.4, 0.5) is 0 Å². The lowest BCUT2D eigenvalue weighted by Gasteiger charge is -2.18. The molecule has 2 aromatic rings. The fourth-order valence-corrected chi connectivity index (χ4v) is 3.36. The summed E-state index contributed by atoms with van der Waals surface area (Å²) in [5.41, 5.74) is 1.97. The molecule has 0 aliphatic carbocycles. The fraction of sp³-hybridized carbons (Fsp3) is 0.316. The second-order valence-corrected chi connectivity index (χ2v) is 6.69. The lowest BCUT2D eigenvalue weighted by Crippen LogP contribution is -2.41. The number of nitrogens with zero attached hydrogens (tertiary/aromatic N) is 2. The van der Waals surface area contributed by atoms with Gasteiger partial charge < -0.3 is 15.7 Å². The molecule has 2 aliphatic rings. The summed E-state index contributed by atoms with van der Waals surface area (Å²) in [5.74, 6) is 0.472. The summed E-state index contributed by atoms with van der Waals surface area (Å²) in [4.78, 5) is 21.4. The number of aromatic nitrogens is 1. The molecule has 2 aliphatic heterocycles. The Kier molecular flexibility index (Phi) is 5.09. The van der Waals surface area contributed by atoms with Gasteiger partial charge in [-0.2, -0.15) is 0 Å². The van der Waals surface area contributed by atoms with E-state index < -0.39 is 11.6 Å². The van der Waals surface area contributed by atoms with Gasteiger partial charge in [0.15, 0.2) is 5.54 Å². The van der Waals surface area contributed by atoms with E-state index >= 15 is 0 Å². The smallest absolute Gasteiger partial charge is 0.257 e. The molecule has 3 atom stereocenters. The molecule has 136 valence electrons. The third kappa shape index (κ3) is 3.23. The van der Waals surface area contributed by atoms with Gasteiger partial charge in [-0.1, -0.05) is 30.3 Å². The number of pyridine rings is 1. The van der Waals surface area contributed by atoms with Crippen molar-refractivity contribution in [2.75, 3.05) is 6.54 Å². The van der Waals surface area contributed by atoms with Gasteiger partial charge in [0.1, 0.15) is 5.84 Å². The van der Waals surface area contributed by atoms with E-state index in [-0.39, 0.29) is 24.4 Å². The molecule has 1 aromatic heterocycles. The van der Waals surface area contributed by atoms with Crippen LogP contribution in [0, 0.1) is 0 Å². The zero-order chi connectivity index (χ0) is 17.4. The average molecular weight is 373 g/mol. The van der Waals surface area contributed by atoms with E-state index in [1.165, 1.54) is 0 Å². The molecule has 2 unspecified atom stereocenters. The van der Waals surface area contributed by atoms with Gasteiger partial charge in [0.2, 0.25) is 0 Å². The molecule has 0 saturated carbocycles. The van der Waals surface area contributed by atoms with E-state index in [2.05, 4.69) is 20.6 Å². The Hall–Kier alpha value is -2.28. The minimum absolute atomic E-state index is 0. The van der Waals surface area contributed by atoms with Gasteiger partial charge in [-0.15, -0.1) is 12.4 Å². The highest BCUT2D eigenvalue weighted by atomic mass is 35.5. The number of hydrogen-bond acceptors (Lipinski definition) is 5. The second kappa shape index (κ2) is 7.15. The average Bonchev–Trinajstić information content (AvgIpc) is 3.20. The van der Waals surface area contributed by atoms with Gasteiger partial charge in [-0.25, -0.2) is 4.99 Å². The zero-order valence-electron chi connectivity index (χ0n) is 14.3. The van der Waals surface area contributed by atoms with Crippen molar-refractivity contribution in [2.45, 2.75) is 31.0 Å². The summed E-state index contributed by atoms with van der Waals surface area (Å²) in [6, 6.07) is 11.6. The van der Waals surface area contributed by atoms with Crippen LogP contribution in [0.1, 0.15) is 18.9 Å². The van der Waals surface area contributed by atoms with Crippen molar-refractivity contribution < 1.29 is 9.90 Å². The van der Waals surface area contributed by atoms with Crippen LogP contribution in [-0.2, 0) is 10.3 Å². The number of carbonyl (C=O) groups is 1. The molecular formula is C19H21ClN4O2. The van der Waals surface area contributed by atoms with E-state index in [9.17, 15) is 9.90 Å². The summed E-state index contributed by atoms with van der Waals surface area (Å²) < 4.78 is 0. The Balaban J connectivity index is 0.00000196. The molecule has 3 heterocycles. The number of halogens is 1. The van der Waals surface area contributed by atoms with Crippen LogP contribution >= 0.6 is 12.4 Å². The van der Waals surface area contributed by atoms with Crippen molar-refractivity contribution in [1.29, 1.82) is 0 Å². The lowest BCUT2D eigenvalue weighted by atomic mass is 9.91. The van der Waals surface area contributed by atoms with Crippen LogP contribution in [0.15, 0.2) is 53.8 Å². The molecule has 0 bridgehead atoms. The molecule has 0 radical (unpaired) electrons. The summed E-state index contributed by atoms with van der Waals surface area (Å²) in [5, 5.41) is 15.7. The highest BCUT2D eigenvalue weighted by Crippen LogP contribution is 2.32. The molecule has 7 heteroatoms. The Morgan fingerprint density at radius 3 is 2.58 bits per heavy atom. The predicted octanol–water partition coefficient (Wildman–Crippen LogP) is 1.64. The van der Waals surface area contributed by atoms with E-state index in [0.717, 1.165) is 16.7 Å². The molecule has 4 rings (SSSR count). The number of rotatable bonds is 3. The first kappa shape index (κ1) is 18.5. The maximum atomic E-state index is 12.6. The third-order valence-corrected chi connectivity index (χ3v) is 4.91. The molecule has 1 aromatic carbocycles. The summed E-state index contributed by atoms with van der Waals surface area (Å²) in [7, 11) is 0. The van der Waals surface area contributed by atoms with Crippen molar-refractivity contribution in [3.05, 3.63) is 54.4 Å². The van der Waals surface area contributed by atoms with E-state index in [1.54, 1.807) is 6.20 Å². The monoisotopic (exact) mass is 372 g/mol. The number of carbonyl (C=O) groups excluding carboxylic acids is 1. The van der Waals surface area contributed by atoms with Crippen LogP contribution in [0.3, 0.4) is 0 Å². The molecule has 3 N–H and O–H groups in total. The minimum atomic E-state index is -0.946. The zero-order valence-corrected chi connectivity index (χ0v) is 15.2. The number of amides is 1. The number of β-amino-alcohol motifs (C(OH)–C–C–N with tert-alkyl or cyclic N) is 1. The normalized spacial score (nSPS) is 27.6. The largest absolute Gasteiger partial charge is 0.392 e. The Labute approximate surface area is 158 Å². The number of benzene rings is 1. The van der Waals surface area contributed by atoms with Crippen molar-refractivity contribution in [2.24, 2.45) is 4.99 Å². The molecule has 0 spiro atoms. The minimum Gasteiger partial charge on any atom is -0.392 e. The number of aliphatic imine (C=N–C) groups is 1. The van der Waals surface area contributed by atoms with Gasteiger partial charge >= 0.3 is 0 Å². The van der Waals surface area contributed by atoms with Crippen molar-refractivity contribution in [3.63, 3.8) is 0 Å². The molecular weight excluding hydrogens is 352 g/mol. The SMILES string of the molecule is CC1(c2ccc(-c3cccnc3)cc2)N=C(C2C[C@@H](O)CN2)NC1=O.Cl. The highest BCUT2D eigenvalue weighted by Gasteiger charge is 2.43. The second-order valence-electron chi connectivity index (χ2n) is 6.69. The molecule has 1 saturated heterocycles. The third-order valence-electron chi connectivity index (χ3n) is 4.91. The van der Waals surface area contributed by atoms with Crippen molar-refractivity contribution in [3.8, 4) is 11.1 Å². The first-order valence-corrected chi connectivity index (χ1v) is 8.40. The summed E-state index contributed by atoms with van der Waals surface area (Å²) >= 11 is 0. The maximum Gasteiger partial charge on any atom is 0.257 e. The van der Waals surface area contributed by atoms with Crippen LogP contribution in [-0.4, -0.2) is 40.5 Å². The standard InChI is InChI=1S/C19H20N4O2.ClH/c1-19(18(25)22-17(23-19)16-9-15(24)11-21-16)14-6-4-12(5-7-14)13-3-2-8-20-10-13;/h2-8,10,15-16,21,24H,9,11H2,1H3,(H,22,23,25);1H/t15-,16?,19?;/m1./s1. The van der Waals surface area contributed by atoms with Crippen LogP contribution in [0.25, 0.3) is 11.1 Å². The Morgan fingerprint density at radius 1 is 1.19 bits per heavy atom. The van der Waals surface area contributed by atoms with Gasteiger partial charge in [-0.3, -0.25) is 9.78 Å². The van der Waals surface area contributed by atoms with Gasteiger partial charge in [0.05, 0.1) is 12.1 Å². The van der Waals surface area contributed by atoms with Crippen molar-refractivity contribution in [1.82, 2.24) is 15.6 Å². The summed E-state index contributed by atoms with van der Waals surface area (Å²) in [6.07, 6.45) is 3.73. The predicted molar refractivity (Wildman–Crippen MR) is 102 cm³/mol. The quantitative estimate of drug-likeness (QED) is 0.764. The number of aliphatic hydroxyl groups excluding tert-OH is 1. The number of amidine groups is 1. The summed E-state index contributed by atoms with van der Waals surface area (Å²) in [6.45, 7) is 2.34.